The van der Waals surface area contributed by atoms with Crippen LogP contribution in [0.3, 0.4) is 0 Å². The first-order valence-corrected chi connectivity index (χ1v) is 8.86. The van der Waals surface area contributed by atoms with E-state index in [1.54, 1.807) is 30.3 Å². The quantitative estimate of drug-likeness (QED) is 0.488. The van der Waals surface area contributed by atoms with Crippen LogP contribution in [-0.2, 0) is 33.3 Å². The maximum absolute atomic E-state index is 12.7. The fraction of sp³-hybridized carbons (Fsp3) is 0.474. The van der Waals surface area contributed by atoms with Gasteiger partial charge in [0.25, 0.3) is 5.91 Å². The summed E-state index contributed by atoms with van der Waals surface area (Å²) in [4.78, 5) is 46.9. The van der Waals surface area contributed by atoms with Gasteiger partial charge in [0.05, 0.1) is 6.04 Å². The molecule has 2 rings (SSSR count). The zero-order valence-electron chi connectivity index (χ0n) is 16.2. The predicted molar refractivity (Wildman–Crippen MR) is 96.3 cm³/mol. The van der Waals surface area contributed by atoms with Gasteiger partial charge in [0.15, 0.2) is 18.5 Å². The molecule has 1 aliphatic rings. The van der Waals surface area contributed by atoms with Crippen LogP contribution in [0.4, 0.5) is 0 Å². The molecule has 10 heteroatoms. The number of ether oxygens (including phenoxy) is 4. The van der Waals surface area contributed by atoms with Crippen LogP contribution in [0.1, 0.15) is 31.1 Å². The van der Waals surface area contributed by atoms with Gasteiger partial charge in [-0.25, -0.2) is 0 Å². The number of aliphatic hydroxyl groups excluding tert-OH is 1. The molecule has 1 aromatic rings. The molecule has 1 aliphatic heterocycles. The third kappa shape index (κ3) is 6.26. The molecule has 0 unspecified atom stereocenters. The Balaban J connectivity index is 2.35. The number of aliphatic hydroxyl groups is 1. The first-order chi connectivity index (χ1) is 13.7. The lowest BCUT2D eigenvalue weighted by atomic mass is 9.95. The van der Waals surface area contributed by atoms with Gasteiger partial charge in [-0.3, -0.25) is 19.2 Å². The SMILES string of the molecule is CC(=O)OC[C@H]1O[C@H](O)[C@H](OC(C)=O)[C@@H](OC(C)=O)[C@@H]1NC(=O)c1ccccc1. The summed E-state index contributed by atoms with van der Waals surface area (Å²) in [6, 6.07) is 7.12. The van der Waals surface area contributed by atoms with Crippen LogP contribution in [-0.4, -0.2) is 66.2 Å². The summed E-state index contributed by atoms with van der Waals surface area (Å²) in [7, 11) is 0. The zero-order chi connectivity index (χ0) is 21.6. The normalized spacial score (nSPS) is 26.1. The first kappa shape index (κ1) is 22.3. The van der Waals surface area contributed by atoms with Crippen LogP contribution < -0.4 is 5.32 Å². The molecule has 2 N–H and O–H groups in total. The fourth-order valence-corrected chi connectivity index (χ4v) is 2.91. The fourth-order valence-electron chi connectivity index (χ4n) is 2.91. The van der Waals surface area contributed by atoms with E-state index < -0.39 is 54.5 Å². The Morgan fingerprint density at radius 2 is 1.55 bits per heavy atom. The molecule has 10 nitrogen and oxygen atoms in total. The first-order valence-electron chi connectivity index (χ1n) is 8.86. The van der Waals surface area contributed by atoms with Crippen LogP contribution in [0.5, 0.6) is 0 Å². The second kappa shape index (κ2) is 9.99. The van der Waals surface area contributed by atoms with E-state index in [2.05, 4.69) is 5.32 Å². The second-order valence-corrected chi connectivity index (χ2v) is 6.38. The number of carbonyl (C=O) groups is 4. The van der Waals surface area contributed by atoms with Crippen LogP contribution >= 0.6 is 0 Å². The number of nitrogens with one attached hydrogen (secondary N) is 1. The van der Waals surface area contributed by atoms with E-state index in [0.717, 1.165) is 13.8 Å². The third-order valence-corrected chi connectivity index (χ3v) is 4.06. The molecule has 158 valence electrons. The highest BCUT2D eigenvalue weighted by Crippen LogP contribution is 2.26. The van der Waals surface area contributed by atoms with Crippen molar-refractivity contribution >= 4 is 23.8 Å². The molecule has 0 aromatic heterocycles. The smallest absolute Gasteiger partial charge is 0.303 e. The van der Waals surface area contributed by atoms with E-state index in [9.17, 15) is 24.3 Å². The van der Waals surface area contributed by atoms with Crippen molar-refractivity contribution in [2.24, 2.45) is 0 Å². The van der Waals surface area contributed by atoms with Gasteiger partial charge in [0.2, 0.25) is 0 Å². The van der Waals surface area contributed by atoms with Crippen molar-refractivity contribution in [1.82, 2.24) is 5.32 Å². The van der Waals surface area contributed by atoms with E-state index in [-0.39, 0.29) is 6.61 Å². The summed E-state index contributed by atoms with van der Waals surface area (Å²) in [5, 5.41) is 12.9. The molecule has 1 saturated heterocycles. The van der Waals surface area contributed by atoms with Gasteiger partial charge in [-0.1, -0.05) is 18.2 Å². The number of amides is 1. The lowest BCUT2D eigenvalue weighted by molar-refractivity contribution is -0.271. The lowest BCUT2D eigenvalue weighted by Crippen LogP contribution is -2.66. The minimum absolute atomic E-state index is 0.315. The molecule has 1 amide bonds. The molecule has 0 bridgehead atoms. The zero-order valence-corrected chi connectivity index (χ0v) is 16.2. The average Bonchev–Trinajstić information content (AvgIpc) is 2.65. The van der Waals surface area contributed by atoms with Crippen LogP contribution in [0.2, 0.25) is 0 Å². The van der Waals surface area contributed by atoms with Crippen molar-refractivity contribution in [3.8, 4) is 0 Å². The monoisotopic (exact) mass is 409 g/mol. The van der Waals surface area contributed by atoms with E-state index in [0.29, 0.717) is 5.56 Å². The van der Waals surface area contributed by atoms with Crippen LogP contribution in [0.25, 0.3) is 0 Å². The molecule has 0 saturated carbocycles. The molecule has 0 spiro atoms. The summed E-state index contributed by atoms with van der Waals surface area (Å²) in [6.07, 6.45) is -5.43. The maximum Gasteiger partial charge on any atom is 0.303 e. The molecule has 29 heavy (non-hydrogen) atoms. The highest BCUT2D eigenvalue weighted by molar-refractivity contribution is 5.94. The largest absolute Gasteiger partial charge is 0.463 e. The predicted octanol–water partition coefficient (Wildman–Crippen LogP) is -0.0713. The average molecular weight is 409 g/mol. The van der Waals surface area contributed by atoms with Gasteiger partial charge in [0.1, 0.15) is 12.7 Å². The molecule has 0 radical (unpaired) electrons. The number of hydrogen-bond donors (Lipinski definition) is 2. The minimum Gasteiger partial charge on any atom is -0.463 e. The van der Waals surface area contributed by atoms with Crippen molar-refractivity contribution in [2.75, 3.05) is 6.61 Å². The summed E-state index contributed by atoms with van der Waals surface area (Å²) >= 11 is 0. The molecule has 1 aromatic carbocycles. The highest BCUT2D eigenvalue weighted by atomic mass is 16.7. The lowest BCUT2D eigenvalue weighted by Gasteiger charge is -2.43. The van der Waals surface area contributed by atoms with Gasteiger partial charge >= 0.3 is 17.9 Å². The molecular weight excluding hydrogens is 386 g/mol. The number of rotatable bonds is 6. The Kier molecular flexibility index (Phi) is 7.68. The van der Waals surface area contributed by atoms with Crippen LogP contribution in [0, 0.1) is 0 Å². The number of esters is 3. The Morgan fingerprint density at radius 3 is 2.10 bits per heavy atom. The Bertz CT molecular complexity index is 751. The third-order valence-electron chi connectivity index (χ3n) is 4.06. The van der Waals surface area contributed by atoms with Gasteiger partial charge in [-0.05, 0) is 12.1 Å². The summed E-state index contributed by atoms with van der Waals surface area (Å²) < 4.78 is 20.7. The molecule has 0 aliphatic carbocycles. The van der Waals surface area contributed by atoms with E-state index in [1.807, 2.05) is 0 Å². The standard InChI is InChI=1S/C19H23NO9/c1-10(21)26-9-14-15(20-18(24)13-7-5-4-6-8-13)16(27-11(2)22)17(19(25)29-14)28-12(3)23/h4-8,14-17,19,25H,9H2,1-3H3,(H,20,24)/t14-,15-,16+,17-,19+/m1/s1. The highest BCUT2D eigenvalue weighted by Gasteiger charge is 2.50. The summed E-state index contributed by atoms with van der Waals surface area (Å²) in [5.74, 6) is -2.61. The molecule has 1 heterocycles. The molecular formula is C19H23NO9. The molecule has 1 fully saturated rings. The topological polar surface area (TPSA) is 137 Å². The van der Waals surface area contributed by atoms with Gasteiger partial charge in [-0.15, -0.1) is 0 Å². The van der Waals surface area contributed by atoms with Crippen LogP contribution in [0.15, 0.2) is 30.3 Å². The van der Waals surface area contributed by atoms with Crippen molar-refractivity contribution in [1.29, 1.82) is 0 Å². The summed E-state index contributed by atoms with van der Waals surface area (Å²) in [6.45, 7) is 3.09. The Hall–Kier alpha value is -2.98. The Morgan fingerprint density at radius 1 is 0.966 bits per heavy atom. The maximum atomic E-state index is 12.7. The second-order valence-electron chi connectivity index (χ2n) is 6.38. The minimum atomic E-state index is -1.67. The van der Waals surface area contributed by atoms with Gasteiger partial charge < -0.3 is 29.4 Å². The van der Waals surface area contributed by atoms with E-state index >= 15 is 0 Å². The Labute approximate surface area is 167 Å². The van der Waals surface area contributed by atoms with E-state index in [4.69, 9.17) is 18.9 Å². The van der Waals surface area contributed by atoms with Crippen molar-refractivity contribution in [3.05, 3.63) is 35.9 Å². The van der Waals surface area contributed by atoms with Gasteiger partial charge in [0, 0.05) is 26.3 Å². The number of hydrogen-bond acceptors (Lipinski definition) is 9. The van der Waals surface area contributed by atoms with E-state index in [1.165, 1.54) is 6.92 Å². The molecule has 5 atom stereocenters. The summed E-state index contributed by atoms with van der Waals surface area (Å²) in [5.41, 5.74) is 0.315. The number of carbonyl (C=O) groups excluding carboxylic acids is 4. The van der Waals surface area contributed by atoms with Crippen molar-refractivity contribution in [3.63, 3.8) is 0 Å². The van der Waals surface area contributed by atoms with Gasteiger partial charge in [-0.2, -0.15) is 0 Å². The van der Waals surface area contributed by atoms with Crippen molar-refractivity contribution < 1.29 is 43.2 Å². The number of benzene rings is 1. The van der Waals surface area contributed by atoms with Crippen molar-refractivity contribution in [2.45, 2.75) is 51.4 Å².